The zero-order valence-corrected chi connectivity index (χ0v) is 15.4. The van der Waals surface area contributed by atoms with Gasteiger partial charge in [-0.2, -0.15) is 0 Å². The molecule has 0 radical (unpaired) electrons. The molecule has 0 unspecified atom stereocenters. The number of aromatic nitrogens is 2. The van der Waals surface area contributed by atoms with Crippen LogP contribution in [0.4, 0.5) is 16.4 Å². The van der Waals surface area contributed by atoms with Crippen molar-refractivity contribution in [2.24, 2.45) is 0 Å². The molecule has 1 aromatic heterocycles. The summed E-state index contributed by atoms with van der Waals surface area (Å²) in [5, 5.41) is 5.55. The number of methoxy groups -OCH3 is 2. The topological polar surface area (TPSA) is 97.8 Å². The summed E-state index contributed by atoms with van der Waals surface area (Å²) in [5.74, 6) is 1.83. The zero-order chi connectivity index (χ0) is 19.1. The third-order valence-electron chi connectivity index (χ3n) is 4.03. The van der Waals surface area contributed by atoms with Crippen molar-refractivity contribution < 1.29 is 19.0 Å². The highest BCUT2D eigenvalue weighted by molar-refractivity contribution is 5.89. The third kappa shape index (κ3) is 5.20. The number of carbonyl (C=O) groups is 1. The van der Waals surface area contributed by atoms with Gasteiger partial charge in [0.2, 0.25) is 5.95 Å². The molecule has 9 heteroatoms. The lowest BCUT2D eigenvalue weighted by Gasteiger charge is -2.26. The van der Waals surface area contributed by atoms with E-state index in [4.69, 9.17) is 14.2 Å². The first-order chi connectivity index (χ1) is 13.2. The molecule has 2 N–H and O–H groups in total. The highest BCUT2D eigenvalue weighted by Crippen LogP contribution is 2.25. The van der Waals surface area contributed by atoms with E-state index in [2.05, 4.69) is 25.5 Å². The average Bonchev–Trinajstić information content (AvgIpc) is 2.72. The molecular formula is C18H23N5O4. The number of benzene rings is 1. The molecule has 1 aliphatic rings. The largest absolute Gasteiger partial charge is 0.497 e. The van der Waals surface area contributed by atoms with Crippen LogP contribution in [0, 0.1) is 0 Å². The molecule has 2 amide bonds. The van der Waals surface area contributed by atoms with Crippen LogP contribution in [0.1, 0.15) is 5.69 Å². The third-order valence-corrected chi connectivity index (χ3v) is 4.03. The SMILES string of the molecule is COc1cc(NC(=O)NCc2ccnc(N3CCOCC3)n2)cc(OC)c1. The molecular weight excluding hydrogens is 350 g/mol. The highest BCUT2D eigenvalue weighted by Gasteiger charge is 2.14. The van der Waals surface area contributed by atoms with E-state index in [0.717, 1.165) is 18.8 Å². The Labute approximate surface area is 157 Å². The van der Waals surface area contributed by atoms with Crippen molar-refractivity contribution in [2.75, 3.05) is 50.7 Å². The Kier molecular flexibility index (Phi) is 6.26. The summed E-state index contributed by atoms with van der Waals surface area (Å²) in [6.07, 6.45) is 1.69. The minimum absolute atomic E-state index is 0.285. The van der Waals surface area contributed by atoms with E-state index in [-0.39, 0.29) is 12.6 Å². The Morgan fingerprint density at radius 2 is 1.89 bits per heavy atom. The number of urea groups is 1. The molecule has 3 rings (SSSR count). The Morgan fingerprint density at radius 1 is 1.19 bits per heavy atom. The van der Waals surface area contributed by atoms with Crippen LogP contribution in [0.3, 0.4) is 0 Å². The maximum atomic E-state index is 12.2. The summed E-state index contributed by atoms with van der Waals surface area (Å²) < 4.78 is 15.7. The van der Waals surface area contributed by atoms with Gasteiger partial charge in [0, 0.05) is 43.2 Å². The van der Waals surface area contributed by atoms with Gasteiger partial charge in [0.1, 0.15) is 11.5 Å². The number of amides is 2. The Morgan fingerprint density at radius 3 is 2.56 bits per heavy atom. The van der Waals surface area contributed by atoms with Gasteiger partial charge in [-0.1, -0.05) is 0 Å². The van der Waals surface area contributed by atoms with Gasteiger partial charge >= 0.3 is 6.03 Å². The van der Waals surface area contributed by atoms with Gasteiger partial charge in [-0.25, -0.2) is 14.8 Å². The lowest BCUT2D eigenvalue weighted by atomic mass is 10.3. The lowest BCUT2D eigenvalue weighted by Crippen LogP contribution is -2.37. The molecule has 0 aliphatic carbocycles. The van der Waals surface area contributed by atoms with Crippen LogP contribution in [-0.2, 0) is 11.3 Å². The van der Waals surface area contributed by atoms with Gasteiger partial charge < -0.3 is 29.7 Å². The van der Waals surface area contributed by atoms with E-state index in [1.54, 1.807) is 44.7 Å². The number of hydrogen-bond donors (Lipinski definition) is 2. The van der Waals surface area contributed by atoms with Crippen LogP contribution >= 0.6 is 0 Å². The first kappa shape index (κ1) is 18.7. The number of nitrogens with one attached hydrogen (secondary N) is 2. The second-order valence-electron chi connectivity index (χ2n) is 5.86. The summed E-state index contributed by atoms with van der Waals surface area (Å²) in [5.41, 5.74) is 1.30. The molecule has 2 heterocycles. The molecule has 1 fully saturated rings. The van der Waals surface area contributed by atoms with Crippen LogP contribution < -0.4 is 25.0 Å². The summed E-state index contributed by atoms with van der Waals surface area (Å²) >= 11 is 0. The number of hydrogen-bond acceptors (Lipinski definition) is 7. The van der Waals surface area contributed by atoms with E-state index in [0.29, 0.717) is 36.3 Å². The first-order valence-corrected chi connectivity index (χ1v) is 8.60. The Balaban J connectivity index is 1.58. The highest BCUT2D eigenvalue weighted by atomic mass is 16.5. The lowest BCUT2D eigenvalue weighted by molar-refractivity contribution is 0.122. The van der Waals surface area contributed by atoms with Gasteiger partial charge in [0.25, 0.3) is 0 Å². The van der Waals surface area contributed by atoms with Crippen molar-refractivity contribution in [3.8, 4) is 11.5 Å². The molecule has 2 aromatic rings. The first-order valence-electron chi connectivity index (χ1n) is 8.60. The van der Waals surface area contributed by atoms with Crippen molar-refractivity contribution >= 4 is 17.7 Å². The molecule has 27 heavy (non-hydrogen) atoms. The predicted molar refractivity (Wildman–Crippen MR) is 100 cm³/mol. The van der Waals surface area contributed by atoms with E-state index in [1.807, 2.05) is 0 Å². The van der Waals surface area contributed by atoms with Crippen LogP contribution in [-0.4, -0.2) is 56.5 Å². The van der Waals surface area contributed by atoms with Crippen LogP contribution in [0.15, 0.2) is 30.5 Å². The van der Waals surface area contributed by atoms with E-state index >= 15 is 0 Å². The maximum Gasteiger partial charge on any atom is 0.319 e. The normalized spacial score (nSPS) is 13.8. The number of anilines is 2. The van der Waals surface area contributed by atoms with Gasteiger partial charge in [-0.3, -0.25) is 0 Å². The number of ether oxygens (including phenoxy) is 3. The predicted octanol–water partition coefficient (Wildman–Crippen LogP) is 1.65. The van der Waals surface area contributed by atoms with Crippen molar-refractivity contribution in [3.63, 3.8) is 0 Å². The molecule has 1 saturated heterocycles. The molecule has 144 valence electrons. The quantitative estimate of drug-likeness (QED) is 0.794. The zero-order valence-electron chi connectivity index (χ0n) is 15.4. The fraction of sp³-hybridized carbons (Fsp3) is 0.389. The average molecular weight is 373 g/mol. The van der Waals surface area contributed by atoms with Crippen molar-refractivity contribution in [2.45, 2.75) is 6.54 Å². The van der Waals surface area contributed by atoms with Crippen LogP contribution in [0.5, 0.6) is 11.5 Å². The monoisotopic (exact) mass is 373 g/mol. The minimum atomic E-state index is -0.350. The van der Waals surface area contributed by atoms with E-state index in [1.165, 1.54) is 0 Å². The summed E-state index contributed by atoms with van der Waals surface area (Å²) in [7, 11) is 3.11. The van der Waals surface area contributed by atoms with Crippen LogP contribution in [0.25, 0.3) is 0 Å². The molecule has 0 atom stereocenters. The van der Waals surface area contributed by atoms with Gasteiger partial charge in [0.05, 0.1) is 39.7 Å². The fourth-order valence-corrected chi connectivity index (χ4v) is 2.62. The molecule has 1 aromatic carbocycles. The van der Waals surface area contributed by atoms with E-state index < -0.39 is 0 Å². The van der Waals surface area contributed by atoms with Crippen molar-refractivity contribution in [1.29, 1.82) is 0 Å². The van der Waals surface area contributed by atoms with Crippen molar-refractivity contribution in [1.82, 2.24) is 15.3 Å². The molecule has 0 bridgehead atoms. The number of morpholine rings is 1. The fourth-order valence-electron chi connectivity index (χ4n) is 2.62. The molecule has 0 saturated carbocycles. The van der Waals surface area contributed by atoms with Gasteiger partial charge in [-0.15, -0.1) is 0 Å². The van der Waals surface area contributed by atoms with E-state index in [9.17, 15) is 4.79 Å². The number of rotatable bonds is 6. The second-order valence-corrected chi connectivity index (χ2v) is 5.86. The van der Waals surface area contributed by atoms with Crippen molar-refractivity contribution in [3.05, 3.63) is 36.2 Å². The second kappa shape index (κ2) is 9.04. The van der Waals surface area contributed by atoms with Gasteiger partial charge in [-0.05, 0) is 6.07 Å². The molecule has 1 aliphatic heterocycles. The summed E-state index contributed by atoms with van der Waals surface area (Å²) in [4.78, 5) is 23.1. The number of carbonyl (C=O) groups excluding carboxylic acids is 1. The van der Waals surface area contributed by atoms with Gasteiger partial charge in [0.15, 0.2) is 0 Å². The smallest absolute Gasteiger partial charge is 0.319 e. The standard InChI is InChI=1S/C18H23N5O4/c1-25-15-9-14(10-16(11-15)26-2)22-18(24)20-12-13-3-4-19-17(21-13)23-5-7-27-8-6-23/h3-4,9-11H,5-8,12H2,1-2H3,(H2,20,22,24). The summed E-state index contributed by atoms with van der Waals surface area (Å²) in [6.45, 7) is 3.13. The Bertz CT molecular complexity index is 758. The Hall–Kier alpha value is -3.07. The number of nitrogens with zero attached hydrogens (tertiary/aromatic N) is 3. The maximum absolute atomic E-state index is 12.2. The minimum Gasteiger partial charge on any atom is -0.497 e. The molecule has 0 spiro atoms. The van der Waals surface area contributed by atoms with Crippen LogP contribution in [0.2, 0.25) is 0 Å². The molecule has 9 nitrogen and oxygen atoms in total. The summed E-state index contributed by atoms with van der Waals surface area (Å²) in [6, 6.07) is 6.58.